The fourth-order valence-corrected chi connectivity index (χ4v) is 4.93. The molecule has 3 nitrogen and oxygen atoms in total. The van der Waals surface area contributed by atoms with Gasteiger partial charge in [-0.1, -0.05) is 109 Å². The van der Waals surface area contributed by atoms with Gasteiger partial charge in [-0.15, -0.1) is 0 Å². The fourth-order valence-electron chi connectivity index (χ4n) is 4.57. The molecule has 2 rings (SSSR count). The summed E-state index contributed by atoms with van der Waals surface area (Å²) in [6, 6.07) is 13.4. The van der Waals surface area contributed by atoms with Crippen molar-refractivity contribution < 1.29 is 14.3 Å². The Kier molecular flexibility index (Phi) is 17.5. The Hall–Kier alpha value is -1.56. The molecule has 2 aromatic rings. The quantitative estimate of drug-likeness (QED) is 0.0791. The van der Waals surface area contributed by atoms with Crippen LogP contribution in [0.3, 0.4) is 0 Å². The van der Waals surface area contributed by atoms with Crippen LogP contribution in [0, 0.1) is 10.5 Å². The number of hydrogen-bond donors (Lipinski definition) is 0. The summed E-state index contributed by atoms with van der Waals surface area (Å²) in [4.78, 5) is 12.2. The Bertz CT molecular complexity index is 862. The van der Waals surface area contributed by atoms with Crippen LogP contribution in [-0.2, 0) is 11.3 Å². The van der Waals surface area contributed by atoms with Crippen molar-refractivity contribution in [1.29, 1.82) is 0 Å². The van der Waals surface area contributed by atoms with Gasteiger partial charge in [-0.25, -0.2) is 4.79 Å². The summed E-state index contributed by atoms with van der Waals surface area (Å²) in [6.07, 6.45) is 22.0. The van der Waals surface area contributed by atoms with Gasteiger partial charge in [0.05, 0.1) is 12.2 Å². The largest absolute Gasteiger partial charge is 0.494 e. The van der Waals surface area contributed by atoms with Crippen molar-refractivity contribution in [1.82, 2.24) is 0 Å². The van der Waals surface area contributed by atoms with Crippen molar-refractivity contribution in [2.75, 3.05) is 6.61 Å². The maximum absolute atomic E-state index is 12.2. The molecular formula is C33H49IO3. The molecule has 0 N–H and O–H groups in total. The first-order chi connectivity index (χ1) is 18.1. The number of rotatable bonds is 21. The highest BCUT2D eigenvalue weighted by Crippen LogP contribution is 2.20. The molecule has 2 aromatic carbocycles. The van der Waals surface area contributed by atoms with Crippen molar-refractivity contribution in [3.05, 3.63) is 62.7 Å². The summed E-state index contributed by atoms with van der Waals surface area (Å²) in [7, 11) is 0. The standard InChI is InChI=1S/C33H49IO3/c1-3-4-5-6-7-8-9-10-11-12-13-14-15-16-17-18-25-36-32-24-21-30(28(2)26-32)27-37-33(35)29-19-22-31(34)23-20-29/h19-24,26H,3-18,25,27H2,1-2H3. The third kappa shape index (κ3) is 14.8. The van der Waals surface area contributed by atoms with Crippen molar-refractivity contribution in [3.63, 3.8) is 0 Å². The third-order valence-electron chi connectivity index (χ3n) is 7.02. The maximum atomic E-state index is 12.2. The molecule has 0 atom stereocenters. The van der Waals surface area contributed by atoms with Crippen LogP contribution < -0.4 is 4.74 Å². The highest BCUT2D eigenvalue weighted by molar-refractivity contribution is 14.1. The molecule has 0 amide bonds. The molecule has 0 spiro atoms. The summed E-state index contributed by atoms with van der Waals surface area (Å²) in [6.45, 7) is 5.36. The second-order valence-electron chi connectivity index (χ2n) is 10.3. The smallest absolute Gasteiger partial charge is 0.338 e. The second-order valence-corrected chi connectivity index (χ2v) is 11.6. The summed E-state index contributed by atoms with van der Waals surface area (Å²) in [5.41, 5.74) is 2.67. The van der Waals surface area contributed by atoms with E-state index in [1.807, 2.05) is 37.3 Å². The minimum Gasteiger partial charge on any atom is -0.494 e. The van der Waals surface area contributed by atoms with Crippen LogP contribution in [0.4, 0.5) is 0 Å². The van der Waals surface area contributed by atoms with E-state index in [4.69, 9.17) is 9.47 Å². The Labute approximate surface area is 240 Å². The minimum atomic E-state index is -0.292. The van der Waals surface area contributed by atoms with Crippen LogP contribution in [0.5, 0.6) is 5.75 Å². The van der Waals surface area contributed by atoms with Gasteiger partial charge >= 0.3 is 5.97 Å². The molecule has 0 heterocycles. The van der Waals surface area contributed by atoms with E-state index in [-0.39, 0.29) is 12.6 Å². The first-order valence-electron chi connectivity index (χ1n) is 14.7. The molecule has 4 heteroatoms. The SMILES string of the molecule is CCCCCCCCCCCCCCCCCCOc1ccc(COC(=O)c2ccc(I)cc2)c(C)c1. The summed E-state index contributed by atoms with van der Waals surface area (Å²) >= 11 is 2.22. The molecule has 0 aliphatic carbocycles. The average Bonchev–Trinajstić information content (AvgIpc) is 2.90. The molecule has 0 aliphatic rings. The van der Waals surface area contributed by atoms with E-state index < -0.39 is 0 Å². The summed E-state index contributed by atoms with van der Waals surface area (Å²) in [5, 5.41) is 0. The van der Waals surface area contributed by atoms with Crippen molar-refractivity contribution >= 4 is 28.6 Å². The van der Waals surface area contributed by atoms with Crippen LogP contribution in [0.2, 0.25) is 0 Å². The first-order valence-corrected chi connectivity index (χ1v) is 15.8. The van der Waals surface area contributed by atoms with E-state index >= 15 is 0 Å². The molecular weight excluding hydrogens is 571 g/mol. The van der Waals surface area contributed by atoms with Crippen molar-refractivity contribution in [2.24, 2.45) is 0 Å². The number of halogens is 1. The van der Waals surface area contributed by atoms with Crippen LogP contribution in [0.1, 0.15) is 131 Å². The Balaban J connectivity index is 1.44. The number of carbonyl (C=O) groups excluding carboxylic acids is 1. The highest BCUT2D eigenvalue weighted by Gasteiger charge is 2.09. The van der Waals surface area contributed by atoms with E-state index in [1.165, 1.54) is 96.3 Å². The zero-order chi connectivity index (χ0) is 26.6. The highest BCUT2D eigenvalue weighted by atomic mass is 127. The molecule has 0 aliphatic heterocycles. The van der Waals surface area contributed by atoms with Gasteiger partial charge < -0.3 is 9.47 Å². The van der Waals surface area contributed by atoms with Gasteiger partial charge in [-0.2, -0.15) is 0 Å². The van der Waals surface area contributed by atoms with E-state index in [9.17, 15) is 4.79 Å². The van der Waals surface area contributed by atoms with Gasteiger partial charge in [0.15, 0.2) is 0 Å². The summed E-state index contributed by atoms with van der Waals surface area (Å²) in [5.74, 6) is 0.603. The monoisotopic (exact) mass is 620 g/mol. The van der Waals surface area contributed by atoms with E-state index in [1.54, 1.807) is 12.1 Å². The zero-order valence-corrected chi connectivity index (χ0v) is 25.5. The predicted octanol–water partition coefficient (Wildman–Crippen LogP) is 10.6. The molecule has 0 bridgehead atoms. The van der Waals surface area contributed by atoms with Crippen LogP contribution in [-0.4, -0.2) is 12.6 Å². The number of hydrogen-bond acceptors (Lipinski definition) is 3. The lowest BCUT2D eigenvalue weighted by atomic mass is 10.0. The Morgan fingerprint density at radius 1 is 0.703 bits per heavy atom. The Morgan fingerprint density at radius 2 is 1.22 bits per heavy atom. The third-order valence-corrected chi connectivity index (χ3v) is 7.74. The van der Waals surface area contributed by atoms with Gasteiger partial charge in [-0.3, -0.25) is 0 Å². The van der Waals surface area contributed by atoms with Crippen molar-refractivity contribution in [2.45, 2.75) is 123 Å². The number of carbonyl (C=O) groups is 1. The Morgan fingerprint density at radius 3 is 1.73 bits per heavy atom. The lowest BCUT2D eigenvalue weighted by Crippen LogP contribution is -2.06. The van der Waals surface area contributed by atoms with Gasteiger partial charge in [-0.05, 0) is 83.5 Å². The normalized spacial score (nSPS) is 11.0. The van der Waals surface area contributed by atoms with E-state index in [2.05, 4.69) is 29.5 Å². The van der Waals surface area contributed by atoms with Crippen LogP contribution in [0.15, 0.2) is 42.5 Å². The molecule has 0 radical (unpaired) electrons. The van der Waals surface area contributed by atoms with Gasteiger partial charge in [0, 0.05) is 3.57 Å². The van der Waals surface area contributed by atoms with Crippen LogP contribution in [0.25, 0.3) is 0 Å². The molecule has 37 heavy (non-hydrogen) atoms. The maximum Gasteiger partial charge on any atom is 0.338 e. The van der Waals surface area contributed by atoms with Gasteiger partial charge in [0.2, 0.25) is 0 Å². The average molecular weight is 621 g/mol. The lowest BCUT2D eigenvalue weighted by Gasteiger charge is -2.11. The number of benzene rings is 2. The first kappa shape index (κ1) is 31.7. The lowest BCUT2D eigenvalue weighted by molar-refractivity contribution is 0.0472. The molecule has 0 unspecified atom stereocenters. The number of aryl methyl sites for hydroxylation is 1. The number of ether oxygens (including phenoxy) is 2. The predicted molar refractivity (Wildman–Crippen MR) is 164 cm³/mol. The molecule has 0 aromatic heterocycles. The summed E-state index contributed by atoms with van der Waals surface area (Å²) < 4.78 is 12.5. The fraction of sp³-hybridized carbons (Fsp3) is 0.606. The molecule has 0 saturated carbocycles. The van der Waals surface area contributed by atoms with E-state index in [0.717, 1.165) is 33.5 Å². The van der Waals surface area contributed by atoms with E-state index in [0.29, 0.717) is 5.56 Å². The van der Waals surface area contributed by atoms with Gasteiger partial charge in [0.1, 0.15) is 12.4 Å². The minimum absolute atomic E-state index is 0.274. The molecule has 0 fully saturated rings. The van der Waals surface area contributed by atoms with Gasteiger partial charge in [0.25, 0.3) is 0 Å². The number of esters is 1. The molecule has 206 valence electrons. The second kappa shape index (κ2) is 20.4. The zero-order valence-electron chi connectivity index (χ0n) is 23.4. The number of unbranched alkanes of at least 4 members (excludes halogenated alkanes) is 15. The topological polar surface area (TPSA) is 35.5 Å². The van der Waals surface area contributed by atoms with Crippen molar-refractivity contribution in [3.8, 4) is 5.75 Å². The van der Waals surface area contributed by atoms with Crippen LogP contribution >= 0.6 is 22.6 Å². The molecule has 0 saturated heterocycles.